The predicted molar refractivity (Wildman–Crippen MR) is 67.7 cm³/mol. The SMILES string of the molecule is CN(C)C(=O)Nc1ccc(C#CCCO)c(F)c1. The Morgan fingerprint density at radius 2 is 2.22 bits per heavy atom. The minimum atomic E-state index is -0.503. The van der Waals surface area contributed by atoms with E-state index in [2.05, 4.69) is 17.2 Å². The smallest absolute Gasteiger partial charge is 0.321 e. The molecule has 0 aromatic heterocycles. The van der Waals surface area contributed by atoms with Gasteiger partial charge in [0.15, 0.2) is 0 Å². The molecular weight excluding hydrogens is 235 g/mol. The van der Waals surface area contributed by atoms with Gasteiger partial charge < -0.3 is 15.3 Å². The normalized spacial score (nSPS) is 9.33. The molecular formula is C13H15FN2O2. The summed E-state index contributed by atoms with van der Waals surface area (Å²) in [4.78, 5) is 12.7. The third-order valence-electron chi connectivity index (χ3n) is 2.09. The van der Waals surface area contributed by atoms with E-state index in [1.165, 1.54) is 17.0 Å². The second-order valence-electron chi connectivity index (χ2n) is 3.79. The van der Waals surface area contributed by atoms with Crippen molar-refractivity contribution in [3.63, 3.8) is 0 Å². The zero-order valence-corrected chi connectivity index (χ0v) is 10.3. The van der Waals surface area contributed by atoms with Gasteiger partial charge in [-0.05, 0) is 18.2 Å². The van der Waals surface area contributed by atoms with Crippen molar-refractivity contribution in [1.82, 2.24) is 4.90 Å². The largest absolute Gasteiger partial charge is 0.395 e. The fraction of sp³-hybridized carbons (Fsp3) is 0.308. The van der Waals surface area contributed by atoms with Gasteiger partial charge in [-0.25, -0.2) is 9.18 Å². The zero-order chi connectivity index (χ0) is 13.5. The van der Waals surface area contributed by atoms with E-state index in [0.29, 0.717) is 12.1 Å². The lowest BCUT2D eigenvalue weighted by molar-refractivity contribution is 0.230. The van der Waals surface area contributed by atoms with Crippen LogP contribution in [0.25, 0.3) is 0 Å². The van der Waals surface area contributed by atoms with Gasteiger partial charge in [0.05, 0.1) is 12.2 Å². The van der Waals surface area contributed by atoms with Crippen LogP contribution in [-0.2, 0) is 0 Å². The summed E-state index contributed by atoms with van der Waals surface area (Å²) in [7, 11) is 3.20. The molecule has 18 heavy (non-hydrogen) atoms. The number of aliphatic hydroxyl groups is 1. The summed E-state index contributed by atoms with van der Waals surface area (Å²) in [5.74, 6) is 4.74. The fourth-order valence-electron chi connectivity index (χ4n) is 1.14. The number of hydrogen-bond acceptors (Lipinski definition) is 2. The van der Waals surface area contributed by atoms with Crippen LogP contribution >= 0.6 is 0 Å². The highest BCUT2D eigenvalue weighted by Gasteiger charge is 2.06. The number of rotatable bonds is 2. The summed E-state index contributed by atoms with van der Waals surface area (Å²) in [5, 5.41) is 11.1. The van der Waals surface area contributed by atoms with Crippen molar-refractivity contribution >= 4 is 11.7 Å². The molecule has 0 spiro atoms. The first-order valence-electron chi connectivity index (χ1n) is 5.42. The first-order chi connectivity index (χ1) is 8.54. The topological polar surface area (TPSA) is 52.6 Å². The number of aliphatic hydroxyl groups excluding tert-OH is 1. The van der Waals surface area contributed by atoms with Crippen LogP contribution in [0.3, 0.4) is 0 Å². The number of urea groups is 1. The number of hydrogen-bond donors (Lipinski definition) is 2. The molecule has 1 aromatic carbocycles. The number of benzene rings is 1. The number of halogens is 1. The van der Waals surface area contributed by atoms with E-state index < -0.39 is 5.82 Å². The molecule has 1 aromatic rings. The molecule has 0 aliphatic carbocycles. The van der Waals surface area contributed by atoms with Crippen molar-refractivity contribution in [2.24, 2.45) is 0 Å². The molecule has 4 nitrogen and oxygen atoms in total. The number of nitrogens with one attached hydrogen (secondary N) is 1. The Hall–Kier alpha value is -2.06. The van der Waals surface area contributed by atoms with Gasteiger partial charge in [-0.2, -0.15) is 0 Å². The van der Waals surface area contributed by atoms with E-state index in [-0.39, 0.29) is 18.2 Å². The monoisotopic (exact) mass is 250 g/mol. The van der Waals surface area contributed by atoms with Crippen molar-refractivity contribution in [3.8, 4) is 11.8 Å². The van der Waals surface area contributed by atoms with Gasteiger partial charge >= 0.3 is 6.03 Å². The molecule has 96 valence electrons. The lowest BCUT2D eigenvalue weighted by atomic mass is 10.2. The first kappa shape index (κ1) is 14.0. The summed E-state index contributed by atoms with van der Waals surface area (Å²) in [6.07, 6.45) is 0.304. The number of anilines is 1. The van der Waals surface area contributed by atoms with Crippen LogP contribution in [0.15, 0.2) is 18.2 Å². The predicted octanol–water partition coefficient (Wildman–Crippen LogP) is 1.65. The lowest BCUT2D eigenvalue weighted by Gasteiger charge is -2.12. The maximum absolute atomic E-state index is 13.6. The summed E-state index contributed by atoms with van der Waals surface area (Å²) >= 11 is 0. The van der Waals surface area contributed by atoms with Gasteiger partial charge in [-0.15, -0.1) is 0 Å². The van der Waals surface area contributed by atoms with Gasteiger partial charge in [0.1, 0.15) is 5.82 Å². The quantitative estimate of drug-likeness (QED) is 0.784. The Morgan fingerprint density at radius 3 is 2.78 bits per heavy atom. The Bertz CT molecular complexity index is 489. The summed E-state index contributed by atoms with van der Waals surface area (Å²) in [6.45, 7) is -0.0500. The van der Waals surface area contributed by atoms with Gasteiger partial charge in [0.25, 0.3) is 0 Å². The maximum atomic E-state index is 13.6. The number of carbonyl (C=O) groups excluding carboxylic acids is 1. The summed E-state index contributed by atoms with van der Waals surface area (Å²) in [5.41, 5.74) is 0.616. The molecule has 2 N–H and O–H groups in total. The minimum absolute atomic E-state index is 0.0500. The van der Waals surface area contributed by atoms with Crippen molar-refractivity contribution in [1.29, 1.82) is 0 Å². The van der Waals surface area contributed by atoms with Crippen LogP contribution in [0.5, 0.6) is 0 Å². The molecule has 0 bridgehead atoms. The van der Waals surface area contributed by atoms with E-state index in [1.54, 1.807) is 20.2 Å². The van der Waals surface area contributed by atoms with E-state index in [4.69, 9.17) is 5.11 Å². The highest BCUT2D eigenvalue weighted by Crippen LogP contribution is 2.14. The van der Waals surface area contributed by atoms with Crippen LogP contribution < -0.4 is 5.32 Å². The Kier molecular flexibility index (Phi) is 5.15. The molecule has 0 saturated heterocycles. The molecule has 2 amide bonds. The molecule has 5 heteroatoms. The molecule has 0 aliphatic heterocycles. The minimum Gasteiger partial charge on any atom is -0.395 e. The number of carbonyl (C=O) groups is 1. The van der Waals surface area contributed by atoms with Crippen molar-refractivity contribution in [2.45, 2.75) is 6.42 Å². The second-order valence-corrected chi connectivity index (χ2v) is 3.79. The molecule has 0 radical (unpaired) electrons. The fourth-order valence-corrected chi connectivity index (χ4v) is 1.14. The number of nitrogens with zero attached hydrogens (tertiary/aromatic N) is 1. The van der Waals surface area contributed by atoms with Gasteiger partial charge in [-0.1, -0.05) is 11.8 Å². The number of amides is 2. The molecule has 0 saturated carbocycles. The molecule has 0 heterocycles. The highest BCUT2D eigenvalue weighted by atomic mass is 19.1. The second kappa shape index (κ2) is 6.62. The van der Waals surface area contributed by atoms with Crippen LogP contribution in [0.4, 0.5) is 14.9 Å². The molecule has 0 atom stereocenters. The maximum Gasteiger partial charge on any atom is 0.321 e. The van der Waals surface area contributed by atoms with Crippen LogP contribution in [0.2, 0.25) is 0 Å². The third kappa shape index (κ3) is 4.07. The van der Waals surface area contributed by atoms with Crippen molar-refractivity contribution in [3.05, 3.63) is 29.6 Å². The molecule has 0 fully saturated rings. The molecule has 0 unspecified atom stereocenters. The van der Waals surface area contributed by atoms with Gasteiger partial charge in [-0.3, -0.25) is 0 Å². The Morgan fingerprint density at radius 1 is 1.50 bits per heavy atom. The van der Waals surface area contributed by atoms with Gasteiger partial charge in [0.2, 0.25) is 0 Å². The third-order valence-corrected chi connectivity index (χ3v) is 2.09. The van der Waals surface area contributed by atoms with Crippen LogP contribution in [0, 0.1) is 17.7 Å². The lowest BCUT2D eigenvalue weighted by Crippen LogP contribution is -2.27. The summed E-state index contributed by atoms with van der Waals surface area (Å²) in [6, 6.07) is 3.96. The van der Waals surface area contributed by atoms with Gasteiger partial charge in [0, 0.05) is 26.2 Å². The van der Waals surface area contributed by atoms with Crippen molar-refractivity contribution < 1.29 is 14.3 Å². The van der Waals surface area contributed by atoms with Crippen LogP contribution in [-0.4, -0.2) is 36.7 Å². The standard InChI is InChI=1S/C13H15FN2O2/c1-16(2)13(18)15-11-7-6-10(12(14)9-11)5-3-4-8-17/h6-7,9,17H,4,8H2,1-2H3,(H,15,18). The first-order valence-corrected chi connectivity index (χ1v) is 5.42. The average molecular weight is 250 g/mol. The highest BCUT2D eigenvalue weighted by molar-refractivity contribution is 5.88. The average Bonchev–Trinajstić information content (AvgIpc) is 2.32. The van der Waals surface area contributed by atoms with E-state index in [1.807, 2.05) is 0 Å². The summed E-state index contributed by atoms with van der Waals surface area (Å²) < 4.78 is 13.6. The van der Waals surface area contributed by atoms with Crippen LogP contribution in [0.1, 0.15) is 12.0 Å². The van der Waals surface area contributed by atoms with E-state index >= 15 is 0 Å². The Balaban J connectivity index is 2.80. The molecule has 0 aliphatic rings. The zero-order valence-electron chi connectivity index (χ0n) is 10.3. The van der Waals surface area contributed by atoms with Crippen molar-refractivity contribution in [2.75, 3.05) is 26.0 Å². The van der Waals surface area contributed by atoms with E-state index in [0.717, 1.165) is 0 Å². The molecule has 1 rings (SSSR count). The Labute approximate surface area is 105 Å². The van der Waals surface area contributed by atoms with E-state index in [9.17, 15) is 9.18 Å².